The van der Waals surface area contributed by atoms with Crippen molar-refractivity contribution in [2.24, 2.45) is 0 Å². The van der Waals surface area contributed by atoms with Gasteiger partial charge in [0.15, 0.2) is 5.60 Å². The van der Waals surface area contributed by atoms with E-state index in [4.69, 9.17) is 4.74 Å². The third-order valence-electron chi connectivity index (χ3n) is 2.24. The molecule has 0 aliphatic heterocycles. The number of amides is 1. The number of likely N-dealkylation sites (N-methyl/N-ethyl adjacent to an activating group) is 1. The van der Waals surface area contributed by atoms with E-state index in [2.05, 4.69) is 10.1 Å². The Hall–Kier alpha value is -1.18. The topological polar surface area (TPSA) is 88.1 Å². The normalized spacial score (nSPS) is 14.1. The average molecular weight is 262 g/mol. The highest BCUT2D eigenvalue weighted by molar-refractivity contribution is 5.80. The second kappa shape index (κ2) is 8.02. The Morgan fingerprint density at radius 1 is 1.39 bits per heavy atom. The van der Waals surface area contributed by atoms with Crippen LogP contribution < -0.4 is 5.32 Å². The number of rotatable bonds is 8. The molecule has 0 aromatic heterocycles. The number of carbonyl (C=O) groups excluding carboxylic acids is 2. The molecular weight excluding hydrogens is 240 g/mol. The molecule has 0 aromatic carbocycles. The summed E-state index contributed by atoms with van der Waals surface area (Å²) in [5, 5.41) is 12.5. The first-order chi connectivity index (χ1) is 8.33. The summed E-state index contributed by atoms with van der Waals surface area (Å²) in [5.41, 5.74) is -1.63. The number of hydrogen-bond donors (Lipinski definition) is 2. The maximum Gasteiger partial charge on any atom is 0.338 e. The lowest BCUT2D eigenvalue weighted by molar-refractivity contribution is -0.162. The molecule has 1 atom stereocenters. The highest BCUT2D eigenvalue weighted by Gasteiger charge is 2.33. The first kappa shape index (κ1) is 16.8. The van der Waals surface area contributed by atoms with Crippen LogP contribution in [0.3, 0.4) is 0 Å². The lowest BCUT2D eigenvalue weighted by Gasteiger charge is -2.26. The van der Waals surface area contributed by atoms with Gasteiger partial charge in [-0.25, -0.2) is 4.79 Å². The number of aliphatic hydroxyl groups is 1. The fourth-order valence-electron chi connectivity index (χ4n) is 1.46. The fourth-order valence-corrected chi connectivity index (χ4v) is 1.46. The van der Waals surface area contributed by atoms with Crippen molar-refractivity contribution >= 4 is 11.9 Å². The molecule has 0 heterocycles. The second-order valence-electron chi connectivity index (χ2n) is 4.28. The van der Waals surface area contributed by atoms with Gasteiger partial charge in [-0.2, -0.15) is 0 Å². The van der Waals surface area contributed by atoms with Gasteiger partial charge in [0.05, 0.1) is 20.3 Å². The van der Waals surface area contributed by atoms with Gasteiger partial charge in [0.25, 0.3) is 0 Å². The van der Waals surface area contributed by atoms with Gasteiger partial charge in [0.1, 0.15) is 0 Å². The molecule has 7 heteroatoms. The largest absolute Gasteiger partial charge is 0.467 e. The first-order valence-electron chi connectivity index (χ1n) is 5.58. The zero-order valence-corrected chi connectivity index (χ0v) is 11.4. The Kier molecular flexibility index (Phi) is 7.49. The van der Waals surface area contributed by atoms with Gasteiger partial charge in [0.2, 0.25) is 5.91 Å². The number of hydrogen-bond acceptors (Lipinski definition) is 6. The van der Waals surface area contributed by atoms with Gasteiger partial charge in [-0.1, -0.05) is 0 Å². The molecule has 0 saturated heterocycles. The van der Waals surface area contributed by atoms with Crippen molar-refractivity contribution < 1.29 is 24.2 Å². The molecule has 18 heavy (non-hydrogen) atoms. The summed E-state index contributed by atoms with van der Waals surface area (Å²) < 4.78 is 9.26. The van der Waals surface area contributed by atoms with Gasteiger partial charge < -0.3 is 19.9 Å². The molecule has 0 aliphatic carbocycles. The molecule has 0 fully saturated rings. The highest BCUT2D eigenvalue weighted by Crippen LogP contribution is 2.07. The van der Waals surface area contributed by atoms with Gasteiger partial charge in [-0.15, -0.1) is 0 Å². The van der Waals surface area contributed by atoms with E-state index in [9.17, 15) is 14.7 Å². The van der Waals surface area contributed by atoms with E-state index in [1.807, 2.05) is 0 Å². The third kappa shape index (κ3) is 6.53. The van der Waals surface area contributed by atoms with E-state index in [0.29, 0.717) is 13.2 Å². The molecule has 1 unspecified atom stereocenters. The quantitative estimate of drug-likeness (QED) is 0.413. The van der Waals surface area contributed by atoms with Crippen molar-refractivity contribution in [3.8, 4) is 0 Å². The molecule has 0 radical (unpaired) electrons. The number of carbonyl (C=O) groups is 2. The lowest BCUT2D eigenvalue weighted by atomic mass is 10.1. The third-order valence-corrected chi connectivity index (χ3v) is 2.24. The van der Waals surface area contributed by atoms with Gasteiger partial charge in [-0.3, -0.25) is 9.69 Å². The Balaban J connectivity index is 4.06. The molecular formula is C11H22N2O5. The Labute approximate surface area is 107 Å². The lowest BCUT2D eigenvalue weighted by Crippen LogP contribution is -2.48. The summed E-state index contributed by atoms with van der Waals surface area (Å²) in [5.74, 6) is -0.927. The predicted molar refractivity (Wildman–Crippen MR) is 65.0 cm³/mol. The van der Waals surface area contributed by atoms with E-state index in [-0.39, 0.29) is 19.0 Å². The van der Waals surface area contributed by atoms with Crippen molar-refractivity contribution in [1.29, 1.82) is 0 Å². The summed E-state index contributed by atoms with van der Waals surface area (Å²) >= 11 is 0. The summed E-state index contributed by atoms with van der Waals surface area (Å²) in [6.45, 7) is 2.30. The van der Waals surface area contributed by atoms with Crippen molar-refractivity contribution in [2.75, 3.05) is 47.5 Å². The highest BCUT2D eigenvalue weighted by atomic mass is 16.5. The number of methoxy groups -OCH3 is 2. The van der Waals surface area contributed by atoms with Crippen LogP contribution in [-0.4, -0.2) is 75.0 Å². The van der Waals surface area contributed by atoms with Crippen LogP contribution in [0.2, 0.25) is 0 Å². The zero-order valence-electron chi connectivity index (χ0n) is 11.4. The summed E-state index contributed by atoms with van der Waals surface area (Å²) in [7, 11) is 4.38. The molecule has 0 spiro atoms. The minimum absolute atomic E-state index is 0.0113. The molecule has 2 N–H and O–H groups in total. The van der Waals surface area contributed by atoms with Crippen LogP contribution in [-0.2, 0) is 19.1 Å². The monoisotopic (exact) mass is 262 g/mol. The molecule has 0 aromatic rings. The summed E-state index contributed by atoms with van der Waals surface area (Å²) in [4.78, 5) is 24.2. The second-order valence-corrected chi connectivity index (χ2v) is 4.28. The van der Waals surface area contributed by atoms with Crippen LogP contribution >= 0.6 is 0 Å². The number of nitrogens with zero attached hydrogens (tertiary/aromatic N) is 1. The predicted octanol–water partition coefficient (Wildman–Crippen LogP) is -1.40. The van der Waals surface area contributed by atoms with Crippen LogP contribution in [0, 0.1) is 0 Å². The molecule has 0 aliphatic rings. The molecule has 106 valence electrons. The van der Waals surface area contributed by atoms with Gasteiger partial charge >= 0.3 is 5.97 Å². The molecule has 0 rings (SSSR count). The van der Waals surface area contributed by atoms with Crippen LogP contribution in [0.4, 0.5) is 0 Å². The minimum Gasteiger partial charge on any atom is -0.467 e. The zero-order chi connectivity index (χ0) is 14.2. The molecule has 7 nitrogen and oxygen atoms in total. The first-order valence-corrected chi connectivity index (χ1v) is 5.58. The van der Waals surface area contributed by atoms with E-state index < -0.39 is 11.6 Å². The van der Waals surface area contributed by atoms with Crippen molar-refractivity contribution in [3.05, 3.63) is 0 Å². The van der Waals surface area contributed by atoms with Crippen molar-refractivity contribution in [1.82, 2.24) is 10.2 Å². The number of nitrogens with one attached hydrogen (secondary N) is 1. The number of ether oxygens (including phenoxy) is 2. The van der Waals surface area contributed by atoms with Gasteiger partial charge in [-0.05, 0) is 14.0 Å². The Morgan fingerprint density at radius 2 is 2.00 bits per heavy atom. The molecule has 0 saturated carbocycles. The van der Waals surface area contributed by atoms with Crippen molar-refractivity contribution in [2.45, 2.75) is 12.5 Å². The van der Waals surface area contributed by atoms with Crippen LogP contribution in [0.5, 0.6) is 0 Å². The smallest absolute Gasteiger partial charge is 0.338 e. The Bertz CT molecular complexity index is 281. The van der Waals surface area contributed by atoms with Crippen LogP contribution in [0.15, 0.2) is 0 Å². The standard InChI is InChI=1S/C11H22N2O5/c1-11(16,10(15)18-4)8-13(2)7-9(14)12-5-6-17-3/h16H,5-8H2,1-4H3,(H,12,14). The fraction of sp³-hybridized carbons (Fsp3) is 0.818. The van der Waals surface area contributed by atoms with Crippen LogP contribution in [0.1, 0.15) is 6.92 Å². The minimum atomic E-state index is -1.63. The maximum atomic E-state index is 11.4. The van der Waals surface area contributed by atoms with Crippen molar-refractivity contribution in [3.63, 3.8) is 0 Å². The number of esters is 1. The maximum absolute atomic E-state index is 11.4. The summed E-state index contributed by atoms with van der Waals surface area (Å²) in [6.07, 6.45) is 0. The van der Waals surface area contributed by atoms with E-state index in [1.54, 1.807) is 19.1 Å². The van der Waals surface area contributed by atoms with Gasteiger partial charge in [0, 0.05) is 20.2 Å². The van der Waals surface area contributed by atoms with E-state index >= 15 is 0 Å². The molecule has 1 amide bonds. The average Bonchev–Trinajstić information content (AvgIpc) is 2.27. The summed E-state index contributed by atoms with van der Waals surface area (Å²) in [6, 6.07) is 0. The van der Waals surface area contributed by atoms with E-state index in [1.165, 1.54) is 14.0 Å². The SMILES string of the molecule is COCCNC(=O)CN(C)CC(C)(O)C(=O)OC. The Morgan fingerprint density at radius 3 is 2.50 bits per heavy atom. The van der Waals surface area contributed by atoms with E-state index in [0.717, 1.165) is 0 Å². The molecule has 0 bridgehead atoms. The van der Waals surface area contributed by atoms with Crippen LogP contribution in [0.25, 0.3) is 0 Å².